The highest BCUT2D eigenvalue weighted by atomic mass is 79.9. The molecular weight excluding hydrogens is 326 g/mol. The molecule has 0 radical (unpaired) electrons. The van der Waals surface area contributed by atoms with Crippen LogP contribution in [-0.2, 0) is 4.74 Å². The van der Waals surface area contributed by atoms with Gasteiger partial charge in [-0.1, -0.05) is 0 Å². The largest absolute Gasteiger partial charge is 0.389 e. The first-order valence-corrected chi connectivity index (χ1v) is 7.14. The van der Waals surface area contributed by atoms with Crippen molar-refractivity contribution in [1.82, 2.24) is 14.9 Å². The number of aromatic nitrogens is 2. The smallest absolute Gasteiger partial charge is 0.255 e. The van der Waals surface area contributed by atoms with Gasteiger partial charge < -0.3 is 15.2 Å². The highest BCUT2D eigenvalue weighted by Crippen LogP contribution is 2.21. The van der Waals surface area contributed by atoms with Crippen molar-refractivity contribution >= 4 is 27.4 Å². The van der Waals surface area contributed by atoms with Crippen molar-refractivity contribution in [2.75, 3.05) is 13.2 Å². The molecule has 20 heavy (non-hydrogen) atoms. The molecule has 1 amide bonds. The Kier molecular flexibility index (Phi) is 3.73. The van der Waals surface area contributed by atoms with Gasteiger partial charge in [-0.25, -0.2) is 4.52 Å². The van der Waals surface area contributed by atoms with Gasteiger partial charge in [-0.3, -0.25) is 4.79 Å². The van der Waals surface area contributed by atoms with Gasteiger partial charge >= 0.3 is 0 Å². The molecule has 2 atom stereocenters. The first-order valence-electron chi connectivity index (χ1n) is 6.35. The first-order chi connectivity index (χ1) is 9.66. The molecule has 3 heterocycles. The molecule has 1 aliphatic heterocycles. The van der Waals surface area contributed by atoms with Crippen LogP contribution in [0, 0.1) is 0 Å². The predicted molar refractivity (Wildman–Crippen MR) is 75.6 cm³/mol. The van der Waals surface area contributed by atoms with E-state index < -0.39 is 6.10 Å². The Morgan fingerprint density at radius 1 is 1.60 bits per heavy atom. The summed E-state index contributed by atoms with van der Waals surface area (Å²) in [5.74, 6) is -0.238. The maximum absolute atomic E-state index is 12.3. The second kappa shape index (κ2) is 5.51. The summed E-state index contributed by atoms with van der Waals surface area (Å²) >= 11 is 3.42. The second-order valence-electron chi connectivity index (χ2n) is 4.72. The summed E-state index contributed by atoms with van der Waals surface area (Å²) in [5, 5.41) is 16.8. The number of rotatable bonds is 2. The van der Waals surface area contributed by atoms with Gasteiger partial charge in [0.25, 0.3) is 5.91 Å². The summed E-state index contributed by atoms with van der Waals surface area (Å²) in [7, 11) is 0. The Morgan fingerprint density at radius 2 is 2.45 bits per heavy atom. The minimum atomic E-state index is -0.669. The Morgan fingerprint density at radius 3 is 3.25 bits per heavy atom. The van der Waals surface area contributed by atoms with Gasteiger partial charge in [0.2, 0.25) is 0 Å². The van der Waals surface area contributed by atoms with Crippen molar-refractivity contribution in [2.45, 2.75) is 18.6 Å². The van der Waals surface area contributed by atoms with Crippen LogP contribution in [0.3, 0.4) is 0 Å². The molecule has 0 saturated carbocycles. The lowest BCUT2D eigenvalue weighted by atomic mass is 10.1. The standard InChI is InChI=1S/C13H14BrN3O3/c14-9-2-1-4-17-12(9)8(6-15-17)13(19)16-10-3-5-20-7-11(10)18/h1-2,4,6,10-11,18H,3,5,7H2,(H,16,19)/t10-,11-/m1/s1. The van der Waals surface area contributed by atoms with Crippen molar-refractivity contribution in [3.63, 3.8) is 0 Å². The van der Waals surface area contributed by atoms with Gasteiger partial charge in [-0.05, 0) is 34.5 Å². The third-order valence-electron chi connectivity index (χ3n) is 3.38. The predicted octanol–water partition coefficient (Wildman–Crippen LogP) is 0.976. The van der Waals surface area contributed by atoms with E-state index in [9.17, 15) is 9.90 Å². The summed E-state index contributed by atoms with van der Waals surface area (Å²) in [6.07, 6.45) is 3.24. The molecule has 0 spiro atoms. The van der Waals surface area contributed by atoms with Gasteiger partial charge in [0.1, 0.15) is 0 Å². The number of ether oxygens (including phenoxy) is 1. The Labute approximate surface area is 123 Å². The maximum atomic E-state index is 12.3. The second-order valence-corrected chi connectivity index (χ2v) is 5.57. The van der Waals surface area contributed by atoms with Gasteiger partial charge in [0.15, 0.2) is 0 Å². The van der Waals surface area contributed by atoms with Crippen LogP contribution in [0.15, 0.2) is 29.0 Å². The highest BCUT2D eigenvalue weighted by molar-refractivity contribution is 9.10. The quantitative estimate of drug-likeness (QED) is 0.855. The Balaban J connectivity index is 1.85. The van der Waals surface area contributed by atoms with Gasteiger partial charge in [0.05, 0.1) is 36.0 Å². The number of carbonyl (C=O) groups is 1. The number of nitrogens with zero attached hydrogens (tertiary/aromatic N) is 2. The number of carbonyl (C=O) groups excluding carboxylic acids is 1. The summed E-state index contributed by atoms with van der Waals surface area (Å²) < 4.78 is 7.59. The number of hydrogen-bond donors (Lipinski definition) is 2. The molecule has 106 valence electrons. The Hall–Kier alpha value is -1.44. The van der Waals surface area contributed by atoms with E-state index in [4.69, 9.17) is 4.74 Å². The van der Waals surface area contributed by atoms with Crippen molar-refractivity contribution in [3.8, 4) is 0 Å². The molecule has 3 rings (SSSR count). The molecule has 2 N–H and O–H groups in total. The van der Waals surface area contributed by atoms with E-state index in [-0.39, 0.29) is 18.6 Å². The molecule has 2 aromatic rings. The fourth-order valence-electron chi connectivity index (χ4n) is 2.30. The van der Waals surface area contributed by atoms with Crippen LogP contribution in [0.4, 0.5) is 0 Å². The van der Waals surface area contributed by atoms with Crippen LogP contribution in [0.25, 0.3) is 5.52 Å². The number of halogens is 1. The Bertz CT molecular complexity index is 643. The molecule has 0 aromatic carbocycles. The molecule has 6 nitrogen and oxygen atoms in total. The zero-order chi connectivity index (χ0) is 14.1. The maximum Gasteiger partial charge on any atom is 0.255 e. The molecule has 0 bridgehead atoms. The highest BCUT2D eigenvalue weighted by Gasteiger charge is 2.26. The zero-order valence-corrected chi connectivity index (χ0v) is 12.2. The van der Waals surface area contributed by atoms with Crippen LogP contribution < -0.4 is 5.32 Å². The van der Waals surface area contributed by atoms with Crippen molar-refractivity contribution < 1.29 is 14.6 Å². The molecule has 0 aliphatic carbocycles. The number of pyridine rings is 1. The van der Waals surface area contributed by atoms with Gasteiger partial charge in [0, 0.05) is 17.3 Å². The lowest BCUT2D eigenvalue weighted by molar-refractivity contribution is -0.0260. The third-order valence-corrected chi connectivity index (χ3v) is 4.02. The fraction of sp³-hybridized carbons (Fsp3) is 0.385. The number of fused-ring (bicyclic) bond motifs is 1. The molecule has 7 heteroatoms. The molecule has 2 aromatic heterocycles. The number of aliphatic hydroxyl groups is 1. The average molecular weight is 340 g/mol. The summed E-state index contributed by atoms with van der Waals surface area (Å²) in [6, 6.07) is 3.42. The minimum absolute atomic E-state index is 0.238. The zero-order valence-electron chi connectivity index (χ0n) is 10.6. The molecular formula is C13H14BrN3O3. The van der Waals surface area contributed by atoms with Crippen LogP contribution in [0.1, 0.15) is 16.8 Å². The van der Waals surface area contributed by atoms with Crippen molar-refractivity contribution in [1.29, 1.82) is 0 Å². The monoisotopic (exact) mass is 339 g/mol. The summed E-state index contributed by atoms with van der Waals surface area (Å²) in [5.41, 5.74) is 1.20. The van der Waals surface area contributed by atoms with E-state index in [1.54, 1.807) is 10.7 Å². The number of aliphatic hydroxyl groups excluding tert-OH is 1. The summed E-state index contributed by atoms with van der Waals surface area (Å²) in [4.78, 5) is 12.3. The van der Waals surface area contributed by atoms with E-state index in [0.717, 1.165) is 4.47 Å². The van der Waals surface area contributed by atoms with E-state index in [2.05, 4.69) is 26.3 Å². The lowest BCUT2D eigenvalue weighted by Gasteiger charge is -2.28. The van der Waals surface area contributed by atoms with Crippen LogP contribution in [0.5, 0.6) is 0 Å². The van der Waals surface area contributed by atoms with Gasteiger partial charge in [-0.15, -0.1) is 0 Å². The minimum Gasteiger partial charge on any atom is -0.389 e. The normalized spacial score (nSPS) is 22.9. The molecule has 1 saturated heterocycles. The molecule has 0 unspecified atom stereocenters. The van der Waals surface area contributed by atoms with Crippen molar-refractivity contribution in [2.24, 2.45) is 0 Å². The topological polar surface area (TPSA) is 75.9 Å². The van der Waals surface area contributed by atoms with Crippen LogP contribution in [-0.4, -0.2) is 46.0 Å². The van der Waals surface area contributed by atoms with Crippen LogP contribution >= 0.6 is 15.9 Å². The van der Waals surface area contributed by atoms with Crippen LogP contribution in [0.2, 0.25) is 0 Å². The van der Waals surface area contributed by atoms with E-state index in [1.807, 2.05) is 12.1 Å². The SMILES string of the molecule is O=C(N[C@@H]1CCOC[C@H]1O)c1cnn2cccc(Br)c12. The lowest BCUT2D eigenvalue weighted by Crippen LogP contribution is -2.48. The van der Waals surface area contributed by atoms with Gasteiger partial charge in [-0.2, -0.15) is 5.10 Å². The first kappa shape index (κ1) is 13.5. The molecule has 1 aliphatic rings. The van der Waals surface area contributed by atoms with E-state index in [0.29, 0.717) is 24.1 Å². The third kappa shape index (κ3) is 2.44. The summed E-state index contributed by atoms with van der Waals surface area (Å²) in [6.45, 7) is 0.795. The van der Waals surface area contributed by atoms with E-state index >= 15 is 0 Å². The molecule has 1 fully saturated rings. The number of nitrogens with one attached hydrogen (secondary N) is 1. The number of amides is 1. The van der Waals surface area contributed by atoms with E-state index in [1.165, 1.54) is 6.20 Å². The number of hydrogen-bond acceptors (Lipinski definition) is 4. The fourth-order valence-corrected chi connectivity index (χ4v) is 2.85. The average Bonchev–Trinajstić information content (AvgIpc) is 2.87. The van der Waals surface area contributed by atoms with Crippen molar-refractivity contribution in [3.05, 3.63) is 34.6 Å².